The van der Waals surface area contributed by atoms with Gasteiger partial charge in [-0.05, 0) is 37.0 Å². The standard InChI is InChI=1S/C13H18O3/c14-7-3-1-2-4-11-5-6-12-13(10-11)16-9-8-15-12/h5-6,10,14H,1-4,7-9H2. The van der Waals surface area contributed by atoms with Gasteiger partial charge in [0.1, 0.15) is 13.2 Å². The van der Waals surface area contributed by atoms with E-state index in [-0.39, 0.29) is 0 Å². The first kappa shape index (κ1) is 11.3. The van der Waals surface area contributed by atoms with Crippen LogP contribution in [0.15, 0.2) is 18.2 Å². The summed E-state index contributed by atoms with van der Waals surface area (Å²) >= 11 is 0. The number of benzene rings is 1. The predicted molar refractivity (Wildman–Crippen MR) is 62.1 cm³/mol. The third-order valence-corrected chi connectivity index (χ3v) is 2.73. The highest BCUT2D eigenvalue weighted by Gasteiger charge is 2.11. The number of aryl methyl sites for hydroxylation is 1. The molecule has 0 unspecified atom stereocenters. The molecule has 1 heterocycles. The molecule has 0 bridgehead atoms. The quantitative estimate of drug-likeness (QED) is 0.776. The summed E-state index contributed by atoms with van der Waals surface area (Å²) in [7, 11) is 0. The lowest BCUT2D eigenvalue weighted by Crippen LogP contribution is -2.15. The smallest absolute Gasteiger partial charge is 0.161 e. The minimum absolute atomic E-state index is 0.293. The van der Waals surface area contributed by atoms with E-state index in [0.717, 1.165) is 37.2 Å². The van der Waals surface area contributed by atoms with Crippen molar-refractivity contribution < 1.29 is 14.6 Å². The first-order valence-electron chi connectivity index (χ1n) is 5.89. The van der Waals surface area contributed by atoms with Crippen molar-refractivity contribution >= 4 is 0 Å². The van der Waals surface area contributed by atoms with E-state index in [2.05, 4.69) is 12.1 Å². The van der Waals surface area contributed by atoms with Crippen LogP contribution in [-0.2, 0) is 6.42 Å². The Morgan fingerprint density at radius 1 is 1.00 bits per heavy atom. The molecule has 88 valence electrons. The largest absolute Gasteiger partial charge is 0.486 e. The van der Waals surface area contributed by atoms with Gasteiger partial charge in [-0.3, -0.25) is 0 Å². The van der Waals surface area contributed by atoms with Crippen LogP contribution in [0.25, 0.3) is 0 Å². The first-order valence-corrected chi connectivity index (χ1v) is 5.89. The van der Waals surface area contributed by atoms with Gasteiger partial charge in [0.15, 0.2) is 11.5 Å². The molecule has 2 rings (SSSR count). The number of aliphatic hydroxyl groups is 1. The van der Waals surface area contributed by atoms with Gasteiger partial charge in [0.2, 0.25) is 0 Å². The number of hydrogen-bond acceptors (Lipinski definition) is 3. The Hall–Kier alpha value is -1.22. The van der Waals surface area contributed by atoms with E-state index in [1.807, 2.05) is 6.07 Å². The molecule has 0 saturated heterocycles. The van der Waals surface area contributed by atoms with Crippen molar-refractivity contribution in [1.82, 2.24) is 0 Å². The third-order valence-electron chi connectivity index (χ3n) is 2.73. The maximum Gasteiger partial charge on any atom is 0.161 e. The fourth-order valence-corrected chi connectivity index (χ4v) is 1.86. The van der Waals surface area contributed by atoms with Crippen LogP contribution in [0.4, 0.5) is 0 Å². The zero-order valence-electron chi connectivity index (χ0n) is 9.45. The number of rotatable bonds is 5. The highest BCUT2D eigenvalue weighted by molar-refractivity contribution is 5.43. The molecule has 1 aromatic carbocycles. The van der Waals surface area contributed by atoms with Crippen molar-refractivity contribution in [3.05, 3.63) is 23.8 Å². The Balaban J connectivity index is 1.90. The van der Waals surface area contributed by atoms with Crippen molar-refractivity contribution in [1.29, 1.82) is 0 Å². The molecule has 0 aromatic heterocycles. The van der Waals surface area contributed by atoms with Crippen LogP contribution in [0.3, 0.4) is 0 Å². The molecule has 16 heavy (non-hydrogen) atoms. The molecule has 0 atom stereocenters. The lowest BCUT2D eigenvalue weighted by Gasteiger charge is -2.18. The second-order valence-corrected chi connectivity index (χ2v) is 4.01. The van der Waals surface area contributed by atoms with Gasteiger partial charge in [0.05, 0.1) is 0 Å². The van der Waals surface area contributed by atoms with Gasteiger partial charge in [-0.1, -0.05) is 12.5 Å². The Kier molecular flexibility index (Phi) is 4.05. The highest BCUT2D eigenvalue weighted by atomic mass is 16.6. The van der Waals surface area contributed by atoms with Gasteiger partial charge in [0.25, 0.3) is 0 Å². The fourth-order valence-electron chi connectivity index (χ4n) is 1.86. The molecule has 0 amide bonds. The normalized spacial score (nSPS) is 13.8. The van der Waals surface area contributed by atoms with Crippen LogP contribution >= 0.6 is 0 Å². The minimum Gasteiger partial charge on any atom is -0.486 e. The first-order chi connectivity index (χ1) is 7.90. The van der Waals surface area contributed by atoms with E-state index < -0.39 is 0 Å². The maximum absolute atomic E-state index is 8.69. The van der Waals surface area contributed by atoms with Crippen LogP contribution in [0.2, 0.25) is 0 Å². The highest BCUT2D eigenvalue weighted by Crippen LogP contribution is 2.31. The molecule has 0 saturated carbocycles. The summed E-state index contributed by atoms with van der Waals surface area (Å²) in [5.74, 6) is 1.72. The van der Waals surface area contributed by atoms with Gasteiger partial charge in [-0.15, -0.1) is 0 Å². The molecule has 0 aliphatic carbocycles. The number of aliphatic hydroxyl groups excluding tert-OH is 1. The predicted octanol–water partition coefficient (Wildman–Crippen LogP) is 2.16. The van der Waals surface area contributed by atoms with Crippen LogP contribution in [0.1, 0.15) is 24.8 Å². The van der Waals surface area contributed by atoms with Gasteiger partial charge < -0.3 is 14.6 Å². The Morgan fingerprint density at radius 2 is 1.81 bits per heavy atom. The van der Waals surface area contributed by atoms with Crippen molar-refractivity contribution in [3.63, 3.8) is 0 Å². The molecule has 0 spiro atoms. The average Bonchev–Trinajstić information content (AvgIpc) is 2.34. The third kappa shape index (κ3) is 2.89. The van der Waals surface area contributed by atoms with Gasteiger partial charge in [0, 0.05) is 6.61 Å². The minimum atomic E-state index is 0.293. The number of unbranched alkanes of at least 4 members (excludes halogenated alkanes) is 2. The summed E-state index contributed by atoms with van der Waals surface area (Å²) in [6.07, 6.45) is 4.12. The van der Waals surface area contributed by atoms with E-state index in [9.17, 15) is 0 Å². The topological polar surface area (TPSA) is 38.7 Å². The van der Waals surface area contributed by atoms with Crippen molar-refractivity contribution in [2.45, 2.75) is 25.7 Å². The van der Waals surface area contributed by atoms with Crippen LogP contribution in [0, 0.1) is 0 Å². The zero-order chi connectivity index (χ0) is 11.2. The SMILES string of the molecule is OCCCCCc1ccc2c(c1)OCCO2. The molecule has 1 aliphatic heterocycles. The molecular formula is C13H18O3. The van der Waals surface area contributed by atoms with Gasteiger partial charge >= 0.3 is 0 Å². The summed E-state index contributed by atoms with van der Waals surface area (Å²) < 4.78 is 11.0. The summed E-state index contributed by atoms with van der Waals surface area (Å²) in [5.41, 5.74) is 1.28. The van der Waals surface area contributed by atoms with Crippen LogP contribution in [0.5, 0.6) is 11.5 Å². The molecule has 1 N–H and O–H groups in total. The molecule has 3 heteroatoms. The van der Waals surface area contributed by atoms with Gasteiger partial charge in [-0.25, -0.2) is 0 Å². The molecule has 1 aliphatic rings. The number of ether oxygens (including phenoxy) is 2. The summed E-state index contributed by atoms with van der Waals surface area (Å²) in [6, 6.07) is 6.13. The van der Waals surface area contributed by atoms with Crippen molar-refractivity contribution in [2.75, 3.05) is 19.8 Å². The zero-order valence-corrected chi connectivity index (χ0v) is 9.45. The van der Waals surface area contributed by atoms with E-state index in [1.165, 1.54) is 5.56 Å². The second-order valence-electron chi connectivity index (χ2n) is 4.01. The van der Waals surface area contributed by atoms with Gasteiger partial charge in [-0.2, -0.15) is 0 Å². The lowest BCUT2D eigenvalue weighted by atomic mass is 10.1. The average molecular weight is 222 g/mol. The van der Waals surface area contributed by atoms with Crippen LogP contribution < -0.4 is 9.47 Å². The van der Waals surface area contributed by atoms with E-state index in [4.69, 9.17) is 14.6 Å². The maximum atomic E-state index is 8.69. The Morgan fingerprint density at radius 3 is 2.62 bits per heavy atom. The summed E-state index contributed by atoms with van der Waals surface area (Å²) in [5, 5.41) is 8.69. The fraction of sp³-hybridized carbons (Fsp3) is 0.538. The monoisotopic (exact) mass is 222 g/mol. The molecule has 0 radical (unpaired) electrons. The molecular weight excluding hydrogens is 204 g/mol. The number of fused-ring (bicyclic) bond motifs is 1. The summed E-state index contributed by atoms with van der Waals surface area (Å²) in [6.45, 7) is 1.57. The van der Waals surface area contributed by atoms with E-state index >= 15 is 0 Å². The Labute approximate surface area is 96.0 Å². The van der Waals surface area contributed by atoms with E-state index in [1.54, 1.807) is 0 Å². The molecule has 1 aromatic rings. The van der Waals surface area contributed by atoms with Crippen molar-refractivity contribution in [3.8, 4) is 11.5 Å². The molecule has 0 fully saturated rings. The summed E-state index contributed by atoms with van der Waals surface area (Å²) in [4.78, 5) is 0. The lowest BCUT2D eigenvalue weighted by molar-refractivity contribution is 0.171. The molecule has 3 nitrogen and oxygen atoms in total. The number of hydrogen-bond donors (Lipinski definition) is 1. The second kappa shape index (κ2) is 5.75. The van der Waals surface area contributed by atoms with Crippen molar-refractivity contribution in [2.24, 2.45) is 0 Å². The Bertz CT molecular complexity index is 336. The van der Waals surface area contributed by atoms with Crippen LogP contribution in [-0.4, -0.2) is 24.9 Å². The van der Waals surface area contributed by atoms with E-state index in [0.29, 0.717) is 19.8 Å².